The van der Waals surface area contributed by atoms with Crippen molar-refractivity contribution in [3.05, 3.63) is 29.6 Å². The van der Waals surface area contributed by atoms with E-state index in [9.17, 15) is 27.5 Å². The zero-order valence-electron chi connectivity index (χ0n) is 8.51. The minimum absolute atomic E-state index is 0.396. The van der Waals surface area contributed by atoms with Crippen LogP contribution in [0.4, 0.5) is 17.6 Å². The minimum atomic E-state index is -4.38. The number of alkyl halides is 3. The Hall–Kier alpha value is -1.79. The maximum Gasteiger partial charge on any atom is 0.390 e. The number of benzene rings is 1. The van der Waals surface area contributed by atoms with Gasteiger partial charge in [0.1, 0.15) is 11.6 Å². The van der Waals surface area contributed by atoms with Crippen molar-refractivity contribution in [1.82, 2.24) is 5.32 Å². The average molecular weight is 251 g/mol. The highest BCUT2D eigenvalue weighted by molar-refractivity contribution is 5.96. The lowest BCUT2D eigenvalue weighted by Gasteiger charge is -2.08. The van der Waals surface area contributed by atoms with Crippen LogP contribution in [0.1, 0.15) is 16.8 Å². The normalized spacial score (nSPS) is 11.3. The van der Waals surface area contributed by atoms with Gasteiger partial charge in [-0.1, -0.05) is 0 Å². The van der Waals surface area contributed by atoms with Gasteiger partial charge in [0.25, 0.3) is 5.91 Å². The van der Waals surface area contributed by atoms with Crippen molar-refractivity contribution >= 4 is 5.91 Å². The molecule has 0 saturated heterocycles. The SMILES string of the molecule is O=C(NCCC(F)(F)F)c1cc(F)ccc1O. The molecule has 7 heteroatoms. The topological polar surface area (TPSA) is 49.3 Å². The van der Waals surface area contributed by atoms with Gasteiger partial charge in [-0.3, -0.25) is 4.79 Å². The third kappa shape index (κ3) is 4.29. The van der Waals surface area contributed by atoms with Gasteiger partial charge in [-0.15, -0.1) is 0 Å². The van der Waals surface area contributed by atoms with E-state index >= 15 is 0 Å². The molecule has 1 rings (SSSR count). The number of halogens is 4. The Bertz CT molecular complexity index is 417. The van der Waals surface area contributed by atoms with Crippen molar-refractivity contribution in [2.75, 3.05) is 6.54 Å². The zero-order valence-corrected chi connectivity index (χ0v) is 8.51. The summed E-state index contributed by atoms with van der Waals surface area (Å²) in [6.45, 7) is -0.627. The molecule has 0 radical (unpaired) electrons. The van der Waals surface area contributed by atoms with E-state index in [0.717, 1.165) is 18.2 Å². The van der Waals surface area contributed by atoms with Gasteiger partial charge in [-0.25, -0.2) is 4.39 Å². The van der Waals surface area contributed by atoms with Gasteiger partial charge in [0, 0.05) is 6.54 Å². The highest BCUT2D eigenvalue weighted by atomic mass is 19.4. The Morgan fingerprint density at radius 3 is 2.59 bits per heavy atom. The molecule has 3 nitrogen and oxygen atoms in total. The third-order valence-electron chi connectivity index (χ3n) is 1.90. The molecule has 94 valence electrons. The highest BCUT2D eigenvalue weighted by Crippen LogP contribution is 2.19. The minimum Gasteiger partial charge on any atom is -0.507 e. The fourth-order valence-corrected chi connectivity index (χ4v) is 1.10. The maximum atomic E-state index is 12.7. The lowest BCUT2D eigenvalue weighted by molar-refractivity contribution is -0.132. The molecule has 0 aliphatic carbocycles. The number of amides is 1. The van der Waals surface area contributed by atoms with E-state index < -0.39 is 42.2 Å². The van der Waals surface area contributed by atoms with Crippen molar-refractivity contribution in [1.29, 1.82) is 0 Å². The molecular weight excluding hydrogens is 242 g/mol. The molecule has 0 aliphatic heterocycles. The van der Waals surface area contributed by atoms with Gasteiger partial charge >= 0.3 is 6.18 Å². The third-order valence-corrected chi connectivity index (χ3v) is 1.90. The molecule has 1 aromatic carbocycles. The molecular formula is C10H9F4NO2. The second-order valence-corrected chi connectivity index (χ2v) is 3.28. The van der Waals surface area contributed by atoms with Gasteiger partial charge < -0.3 is 10.4 Å². The van der Waals surface area contributed by atoms with Crippen LogP contribution in [0.3, 0.4) is 0 Å². The molecule has 0 heterocycles. The average Bonchev–Trinajstić information content (AvgIpc) is 2.19. The van der Waals surface area contributed by atoms with E-state index in [1.165, 1.54) is 0 Å². The molecule has 0 fully saturated rings. The molecule has 0 aliphatic rings. The first-order valence-corrected chi connectivity index (χ1v) is 4.63. The summed E-state index contributed by atoms with van der Waals surface area (Å²) in [6, 6.07) is 2.63. The molecule has 1 amide bonds. The quantitative estimate of drug-likeness (QED) is 0.809. The predicted molar refractivity (Wildman–Crippen MR) is 51.1 cm³/mol. The summed E-state index contributed by atoms with van der Waals surface area (Å²) in [5.74, 6) is -2.20. The molecule has 17 heavy (non-hydrogen) atoms. The summed E-state index contributed by atoms with van der Waals surface area (Å²) in [5, 5.41) is 11.2. The Labute approximate surface area is 94.1 Å². The number of rotatable bonds is 3. The zero-order chi connectivity index (χ0) is 13.1. The maximum absolute atomic E-state index is 12.7. The summed E-state index contributed by atoms with van der Waals surface area (Å²) in [5.41, 5.74) is -0.396. The van der Waals surface area contributed by atoms with Gasteiger partial charge in [0.05, 0.1) is 12.0 Å². The Kier molecular flexibility index (Phi) is 3.93. The predicted octanol–water partition coefficient (Wildman–Crippen LogP) is 2.21. The van der Waals surface area contributed by atoms with Crippen LogP contribution in [0.25, 0.3) is 0 Å². The molecule has 0 bridgehead atoms. The van der Waals surface area contributed by atoms with Crippen LogP contribution in [0.15, 0.2) is 18.2 Å². The summed E-state index contributed by atoms with van der Waals surface area (Å²) in [6.07, 6.45) is -5.56. The van der Waals surface area contributed by atoms with E-state index in [1.54, 1.807) is 0 Å². The van der Waals surface area contributed by atoms with Gasteiger partial charge in [-0.05, 0) is 18.2 Å². The first-order chi connectivity index (χ1) is 7.79. The second-order valence-electron chi connectivity index (χ2n) is 3.28. The number of aromatic hydroxyl groups is 1. The summed E-state index contributed by atoms with van der Waals surface area (Å²) < 4.78 is 48.1. The summed E-state index contributed by atoms with van der Waals surface area (Å²) in [4.78, 5) is 11.3. The van der Waals surface area contributed by atoms with Crippen LogP contribution in [-0.2, 0) is 0 Å². The molecule has 0 aromatic heterocycles. The van der Waals surface area contributed by atoms with Gasteiger partial charge in [0.2, 0.25) is 0 Å². The number of hydrogen-bond acceptors (Lipinski definition) is 2. The Balaban J connectivity index is 2.61. The lowest BCUT2D eigenvalue weighted by atomic mass is 10.2. The monoisotopic (exact) mass is 251 g/mol. The fourth-order valence-electron chi connectivity index (χ4n) is 1.10. The lowest BCUT2D eigenvalue weighted by Crippen LogP contribution is -2.28. The largest absolute Gasteiger partial charge is 0.507 e. The molecule has 0 unspecified atom stereocenters. The van der Waals surface area contributed by atoms with Crippen molar-refractivity contribution in [2.45, 2.75) is 12.6 Å². The molecule has 1 aromatic rings. The summed E-state index contributed by atoms with van der Waals surface area (Å²) >= 11 is 0. The molecule has 0 spiro atoms. The van der Waals surface area contributed by atoms with Crippen LogP contribution in [0.2, 0.25) is 0 Å². The van der Waals surface area contributed by atoms with Crippen molar-refractivity contribution in [2.24, 2.45) is 0 Å². The van der Waals surface area contributed by atoms with Crippen molar-refractivity contribution < 1.29 is 27.5 Å². The number of carbonyl (C=O) groups excluding carboxylic acids is 1. The van der Waals surface area contributed by atoms with Crippen LogP contribution < -0.4 is 5.32 Å². The van der Waals surface area contributed by atoms with E-state index in [4.69, 9.17) is 0 Å². The van der Waals surface area contributed by atoms with E-state index in [0.29, 0.717) is 0 Å². The van der Waals surface area contributed by atoms with E-state index in [1.807, 2.05) is 5.32 Å². The van der Waals surface area contributed by atoms with Gasteiger partial charge in [0.15, 0.2) is 0 Å². The fraction of sp³-hybridized carbons (Fsp3) is 0.300. The van der Waals surface area contributed by atoms with Crippen LogP contribution in [0.5, 0.6) is 5.75 Å². The Morgan fingerprint density at radius 1 is 1.35 bits per heavy atom. The molecule has 2 N–H and O–H groups in total. The smallest absolute Gasteiger partial charge is 0.390 e. The number of carbonyl (C=O) groups is 1. The van der Waals surface area contributed by atoms with Crippen LogP contribution in [0, 0.1) is 5.82 Å². The van der Waals surface area contributed by atoms with E-state index in [2.05, 4.69) is 0 Å². The Morgan fingerprint density at radius 2 is 2.00 bits per heavy atom. The first kappa shape index (κ1) is 13.3. The van der Waals surface area contributed by atoms with Crippen molar-refractivity contribution in [3.8, 4) is 5.75 Å². The number of phenols is 1. The number of nitrogens with one attached hydrogen (secondary N) is 1. The van der Waals surface area contributed by atoms with Crippen molar-refractivity contribution in [3.63, 3.8) is 0 Å². The first-order valence-electron chi connectivity index (χ1n) is 4.63. The standard InChI is InChI=1S/C10H9F4NO2/c11-6-1-2-8(16)7(5-6)9(17)15-4-3-10(12,13)14/h1-2,5,16H,3-4H2,(H,15,17). The van der Waals surface area contributed by atoms with E-state index in [-0.39, 0.29) is 0 Å². The summed E-state index contributed by atoms with van der Waals surface area (Å²) in [7, 11) is 0. The molecule has 0 atom stereocenters. The highest BCUT2D eigenvalue weighted by Gasteiger charge is 2.26. The second kappa shape index (κ2) is 5.03. The molecule has 0 saturated carbocycles. The van der Waals surface area contributed by atoms with Gasteiger partial charge in [-0.2, -0.15) is 13.2 Å². The van der Waals surface area contributed by atoms with Crippen LogP contribution >= 0.6 is 0 Å². The number of phenolic OH excluding ortho intramolecular Hbond substituents is 1. The van der Waals surface area contributed by atoms with Crippen LogP contribution in [-0.4, -0.2) is 23.7 Å². The number of hydrogen-bond donors (Lipinski definition) is 2.